The number of nitrogens with zero attached hydrogens (tertiary/aromatic N) is 3. The van der Waals surface area contributed by atoms with Crippen molar-refractivity contribution in [3.8, 4) is 11.5 Å². The van der Waals surface area contributed by atoms with E-state index < -0.39 is 0 Å². The van der Waals surface area contributed by atoms with Crippen LogP contribution in [0.25, 0.3) is 11.5 Å². The van der Waals surface area contributed by atoms with Gasteiger partial charge in [-0.25, -0.2) is 4.68 Å². The molecule has 0 aliphatic carbocycles. The number of anilines is 1. The number of amides is 1. The summed E-state index contributed by atoms with van der Waals surface area (Å²) in [6, 6.07) is 18.7. The molecule has 0 aliphatic heterocycles. The number of benzene rings is 2. The number of aryl methyl sites for hydroxylation is 2. The van der Waals surface area contributed by atoms with E-state index in [9.17, 15) is 9.59 Å². The second-order valence-electron chi connectivity index (χ2n) is 7.21. The number of hydrogen-bond donors (Lipinski definition) is 1. The van der Waals surface area contributed by atoms with E-state index in [1.165, 1.54) is 6.92 Å². The Morgan fingerprint density at radius 3 is 2.30 bits per heavy atom. The molecule has 2 heterocycles. The van der Waals surface area contributed by atoms with E-state index >= 15 is 0 Å². The maximum atomic E-state index is 13.3. The van der Waals surface area contributed by atoms with Gasteiger partial charge < -0.3 is 9.88 Å². The van der Waals surface area contributed by atoms with E-state index in [1.807, 2.05) is 67.2 Å². The fraction of sp³-hybridized carbons (Fsp3) is 0.125. The molecule has 0 bridgehead atoms. The van der Waals surface area contributed by atoms with Gasteiger partial charge in [-0.2, -0.15) is 5.10 Å². The van der Waals surface area contributed by atoms with Gasteiger partial charge in [0.05, 0.1) is 11.4 Å². The standard InChI is InChI=1S/C24H22N4O2/c1-16-9-11-21(12-10-16)28-24(27-13-4-5-14-27)22(17(2)26-28)23(30)25-20-8-6-7-19(15-20)18(3)29/h4-15H,1-3H3,(H,25,30). The van der Waals surface area contributed by atoms with Gasteiger partial charge in [-0.15, -0.1) is 0 Å². The first-order valence-electron chi connectivity index (χ1n) is 9.66. The van der Waals surface area contributed by atoms with Crippen LogP contribution in [0.5, 0.6) is 0 Å². The molecule has 6 nitrogen and oxygen atoms in total. The van der Waals surface area contributed by atoms with E-state index in [4.69, 9.17) is 0 Å². The third-order valence-corrected chi connectivity index (χ3v) is 4.92. The Hall–Kier alpha value is -3.93. The summed E-state index contributed by atoms with van der Waals surface area (Å²) in [5.41, 5.74) is 4.21. The Kier molecular flexibility index (Phi) is 5.06. The second kappa shape index (κ2) is 7.83. The number of carbonyl (C=O) groups is 2. The van der Waals surface area contributed by atoms with Gasteiger partial charge in [-0.1, -0.05) is 29.8 Å². The van der Waals surface area contributed by atoms with E-state index in [2.05, 4.69) is 10.4 Å². The molecule has 0 saturated heterocycles. The molecule has 0 spiro atoms. The quantitative estimate of drug-likeness (QED) is 0.494. The minimum atomic E-state index is -0.282. The van der Waals surface area contributed by atoms with E-state index in [-0.39, 0.29) is 11.7 Å². The van der Waals surface area contributed by atoms with Crippen molar-refractivity contribution in [3.63, 3.8) is 0 Å². The average Bonchev–Trinajstić information content (AvgIpc) is 3.36. The normalized spacial score (nSPS) is 10.8. The smallest absolute Gasteiger partial charge is 0.261 e. The van der Waals surface area contributed by atoms with Gasteiger partial charge in [-0.3, -0.25) is 9.59 Å². The third kappa shape index (κ3) is 3.67. The monoisotopic (exact) mass is 398 g/mol. The summed E-state index contributed by atoms with van der Waals surface area (Å²) in [6.07, 6.45) is 3.77. The predicted octanol–water partition coefficient (Wildman–Crippen LogP) is 4.73. The van der Waals surface area contributed by atoms with Gasteiger partial charge in [-0.05, 0) is 57.2 Å². The van der Waals surface area contributed by atoms with Crippen LogP contribution in [0, 0.1) is 13.8 Å². The first kappa shape index (κ1) is 19.4. The fourth-order valence-corrected chi connectivity index (χ4v) is 3.37. The van der Waals surface area contributed by atoms with Gasteiger partial charge >= 0.3 is 0 Å². The lowest BCUT2D eigenvalue weighted by atomic mass is 10.1. The van der Waals surface area contributed by atoms with E-state index in [0.29, 0.717) is 28.3 Å². The zero-order valence-electron chi connectivity index (χ0n) is 17.1. The van der Waals surface area contributed by atoms with Crippen LogP contribution in [0.4, 0.5) is 5.69 Å². The lowest BCUT2D eigenvalue weighted by molar-refractivity contribution is 0.101. The van der Waals surface area contributed by atoms with E-state index in [0.717, 1.165) is 11.3 Å². The minimum absolute atomic E-state index is 0.0532. The molecule has 0 unspecified atom stereocenters. The van der Waals surface area contributed by atoms with Crippen LogP contribution in [-0.4, -0.2) is 26.0 Å². The summed E-state index contributed by atoms with van der Waals surface area (Å²) in [5, 5.41) is 7.57. The molecule has 2 aromatic heterocycles. The Bertz CT molecular complexity index is 1220. The van der Waals surface area contributed by atoms with Gasteiger partial charge in [0.25, 0.3) is 5.91 Å². The molecule has 1 N–H and O–H groups in total. The van der Waals surface area contributed by atoms with Gasteiger partial charge in [0.15, 0.2) is 11.6 Å². The molecule has 30 heavy (non-hydrogen) atoms. The topological polar surface area (TPSA) is 68.9 Å². The first-order valence-corrected chi connectivity index (χ1v) is 9.66. The Balaban J connectivity index is 1.79. The largest absolute Gasteiger partial charge is 0.322 e. The van der Waals surface area contributed by atoms with Gasteiger partial charge in [0.1, 0.15) is 5.56 Å². The summed E-state index contributed by atoms with van der Waals surface area (Å²) in [5.74, 6) is 0.319. The molecule has 4 aromatic rings. The molecule has 2 aromatic carbocycles. The molecule has 0 radical (unpaired) electrons. The number of hydrogen-bond acceptors (Lipinski definition) is 3. The second-order valence-corrected chi connectivity index (χ2v) is 7.21. The van der Waals surface area contributed by atoms with Crippen LogP contribution in [0.15, 0.2) is 73.1 Å². The lowest BCUT2D eigenvalue weighted by Crippen LogP contribution is -2.16. The molecular formula is C24H22N4O2. The fourth-order valence-electron chi connectivity index (χ4n) is 3.37. The Morgan fingerprint density at radius 2 is 1.63 bits per heavy atom. The van der Waals surface area contributed by atoms with Crippen molar-refractivity contribution in [1.82, 2.24) is 14.3 Å². The Labute approximate surface area is 174 Å². The maximum absolute atomic E-state index is 13.3. The SMILES string of the molecule is CC(=O)c1cccc(NC(=O)c2c(C)nn(-c3ccc(C)cc3)c2-n2cccc2)c1. The van der Waals surface area contributed by atoms with Crippen LogP contribution < -0.4 is 5.32 Å². The molecule has 0 atom stereocenters. The molecular weight excluding hydrogens is 376 g/mol. The number of aromatic nitrogens is 3. The minimum Gasteiger partial charge on any atom is -0.322 e. The Morgan fingerprint density at radius 1 is 0.933 bits per heavy atom. The highest BCUT2D eigenvalue weighted by molar-refractivity contribution is 6.08. The van der Waals surface area contributed by atoms with Crippen molar-refractivity contribution in [2.24, 2.45) is 0 Å². The zero-order chi connectivity index (χ0) is 21.3. The van der Waals surface area contributed by atoms with Crippen LogP contribution in [0.3, 0.4) is 0 Å². The first-order chi connectivity index (χ1) is 14.4. The molecule has 0 saturated carbocycles. The molecule has 150 valence electrons. The average molecular weight is 398 g/mol. The molecule has 4 rings (SSSR count). The van der Waals surface area contributed by atoms with E-state index in [1.54, 1.807) is 28.9 Å². The van der Waals surface area contributed by atoms with Crippen LogP contribution in [-0.2, 0) is 0 Å². The van der Waals surface area contributed by atoms with Crippen molar-refractivity contribution in [3.05, 3.63) is 95.4 Å². The number of ketones is 1. The summed E-state index contributed by atoms with van der Waals surface area (Å²) in [4.78, 5) is 24.9. The highest BCUT2D eigenvalue weighted by atomic mass is 16.1. The van der Waals surface area contributed by atoms with Crippen molar-refractivity contribution < 1.29 is 9.59 Å². The number of carbonyl (C=O) groups excluding carboxylic acids is 2. The molecule has 0 aliphatic rings. The molecule has 6 heteroatoms. The highest BCUT2D eigenvalue weighted by Gasteiger charge is 2.24. The molecule has 1 amide bonds. The highest BCUT2D eigenvalue weighted by Crippen LogP contribution is 2.24. The summed E-state index contributed by atoms with van der Waals surface area (Å²) < 4.78 is 3.65. The van der Waals surface area contributed by atoms with Crippen LogP contribution in [0.2, 0.25) is 0 Å². The number of rotatable bonds is 5. The third-order valence-electron chi connectivity index (χ3n) is 4.92. The number of Topliss-reactive ketones (excluding diaryl/α,β-unsaturated/α-hetero) is 1. The zero-order valence-corrected chi connectivity index (χ0v) is 17.1. The summed E-state index contributed by atoms with van der Waals surface area (Å²) >= 11 is 0. The lowest BCUT2D eigenvalue weighted by Gasteiger charge is -2.12. The molecule has 0 fully saturated rings. The van der Waals surface area contributed by atoms with Crippen molar-refractivity contribution in [2.45, 2.75) is 20.8 Å². The summed E-state index contributed by atoms with van der Waals surface area (Å²) in [6.45, 7) is 5.35. The van der Waals surface area contributed by atoms with Crippen LogP contribution in [0.1, 0.15) is 38.9 Å². The summed E-state index contributed by atoms with van der Waals surface area (Å²) in [7, 11) is 0. The van der Waals surface area contributed by atoms with Crippen molar-refractivity contribution >= 4 is 17.4 Å². The van der Waals surface area contributed by atoms with Crippen molar-refractivity contribution in [1.29, 1.82) is 0 Å². The van der Waals surface area contributed by atoms with Crippen molar-refractivity contribution in [2.75, 3.05) is 5.32 Å². The maximum Gasteiger partial charge on any atom is 0.261 e. The predicted molar refractivity (Wildman–Crippen MR) is 117 cm³/mol. The van der Waals surface area contributed by atoms with Crippen LogP contribution >= 0.6 is 0 Å². The van der Waals surface area contributed by atoms with Gasteiger partial charge in [0, 0.05) is 23.6 Å². The number of nitrogens with one attached hydrogen (secondary N) is 1. The van der Waals surface area contributed by atoms with Gasteiger partial charge in [0.2, 0.25) is 0 Å².